The highest BCUT2D eigenvalue weighted by Gasteiger charge is 2.19. The largest absolute Gasteiger partial charge is 0.377 e. The number of thiazole rings is 1. The molecule has 0 unspecified atom stereocenters. The maximum atomic E-state index is 10.6. The predicted octanol–water partition coefficient (Wildman–Crippen LogP) is 3.73. The molecule has 1 fully saturated rings. The minimum absolute atomic E-state index is 0.0216. The fourth-order valence-electron chi connectivity index (χ4n) is 2.43. The standard InChI is InChI=1S/C14H16N6O2S3/c21-20(22)12-9-25-13(15-12)17-16-10-1-3-11(4-2-10)18-5-7-19(8-6-18)14(23)24/h1-4,9,14,23-24H,5-8H2. The van der Waals surface area contributed by atoms with Crippen molar-refractivity contribution >= 4 is 58.9 Å². The lowest BCUT2D eigenvalue weighted by atomic mass is 10.2. The monoisotopic (exact) mass is 396 g/mol. The number of piperazine rings is 1. The summed E-state index contributed by atoms with van der Waals surface area (Å²) in [6.07, 6.45) is 0. The summed E-state index contributed by atoms with van der Waals surface area (Å²) in [6, 6.07) is 7.72. The van der Waals surface area contributed by atoms with Gasteiger partial charge in [-0.05, 0) is 34.2 Å². The molecule has 0 bridgehead atoms. The maximum Gasteiger partial charge on any atom is 0.377 e. The van der Waals surface area contributed by atoms with Crippen LogP contribution in [0.25, 0.3) is 0 Å². The number of hydrogen-bond acceptors (Lipinski definition) is 10. The van der Waals surface area contributed by atoms with Gasteiger partial charge in [-0.2, -0.15) is 0 Å². The van der Waals surface area contributed by atoms with E-state index in [1.165, 1.54) is 5.38 Å². The molecule has 2 aromatic rings. The number of thiol groups is 2. The first-order chi connectivity index (χ1) is 12.0. The third kappa shape index (κ3) is 4.69. The molecule has 0 N–H and O–H groups in total. The Hall–Kier alpha value is -1.69. The SMILES string of the molecule is O=[N+]([O-])c1csc(N=Nc2ccc(N3CCN(C(S)S)CC3)cc2)n1. The summed E-state index contributed by atoms with van der Waals surface area (Å²) < 4.78 is -0.0216. The van der Waals surface area contributed by atoms with E-state index in [4.69, 9.17) is 0 Å². The zero-order chi connectivity index (χ0) is 17.8. The summed E-state index contributed by atoms with van der Waals surface area (Å²) in [5.74, 6) is -0.210. The second-order valence-corrected chi connectivity index (χ2v) is 7.55. The van der Waals surface area contributed by atoms with Crippen LogP contribution in [0, 0.1) is 10.1 Å². The summed E-state index contributed by atoms with van der Waals surface area (Å²) in [4.78, 5) is 18.3. The molecule has 0 spiro atoms. The van der Waals surface area contributed by atoms with Gasteiger partial charge in [0.25, 0.3) is 0 Å². The van der Waals surface area contributed by atoms with E-state index in [0.29, 0.717) is 5.69 Å². The number of azo groups is 1. The van der Waals surface area contributed by atoms with E-state index >= 15 is 0 Å². The highest BCUT2D eigenvalue weighted by molar-refractivity contribution is 7.99. The maximum absolute atomic E-state index is 10.6. The van der Waals surface area contributed by atoms with Gasteiger partial charge < -0.3 is 15.0 Å². The van der Waals surface area contributed by atoms with E-state index in [0.717, 1.165) is 43.2 Å². The lowest BCUT2D eigenvalue weighted by Gasteiger charge is -2.37. The summed E-state index contributed by atoms with van der Waals surface area (Å²) in [6.45, 7) is 3.67. The third-order valence-corrected chi connectivity index (χ3v) is 5.14. The van der Waals surface area contributed by atoms with Crippen LogP contribution in [0.15, 0.2) is 39.9 Å². The van der Waals surface area contributed by atoms with E-state index in [1.807, 2.05) is 24.3 Å². The molecular weight excluding hydrogens is 380 g/mol. The van der Waals surface area contributed by atoms with Gasteiger partial charge in [-0.1, -0.05) is 16.5 Å². The second-order valence-electron chi connectivity index (χ2n) is 5.33. The number of benzene rings is 1. The molecule has 1 aromatic carbocycles. The molecule has 132 valence electrons. The van der Waals surface area contributed by atoms with Gasteiger partial charge in [-0.25, -0.2) is 0 Å². The summed E-state index contributed by atoms with van der Waals surface area (Å²) in [7, 11) is 0. The summed E-state index contributed by atoms with van der Waals surface area (Å²) in [5, 5.41) is 20.2. The van der Waals surface area contributed by atoms with Crippen molar-refractivity contribution in [1.29, 1.82) is 0 Å². The Balaban J connectivity index is 1.60. The molecule has 1 aliphatic heterocycles. The Kier molecular flexibility index (Phi) is 5.89. The molecule has 0 aliphatic carbocycles. The Morgan fingerprint density at radius 2 is 1.84 bits per heavy atom. The van der Waals surface area contributed by atoms with Gasteiger partial charge in [-0.3, -0.25) is 4.90 Å². The van der Waals surface area contributed by atoms with Crippen LogP contribution in [0.1, 0.15) is 0 Å². The quantitative estimate of drug-likeness (QED) is 0.264. The van der Waals surface area contributed by atoms with Gasteiger partial charge in [0.1, 0.15) is 0 Å². The fraction of sp³-hybridized carbons (Fsp3) is 0.357. The first-order valence-electron chi connectivity index (χ1n) is 7.50. The van der Waals surface area contributed by atoms with E-state index in [-0.39, 0.29) is 15.7 Å². The molecule has 1 aliphatic rings. The van der Waals surface area contributed by atoms with Gasteiger partial charge in [0.2, 0.25) is 0 Å². The molecule has 8 nitrogen and oxygen atoms in total. The molecule has 2 heterocycles. The van der Waals surface area contributed by atoms with E-state index in [1.54, 1.807) is 0 Å². The summed E-state index contributed by atoms with van der Waals surface area (Å²) >= 11 is 9.78. The Bertz CT molecular complexity index is 756. The second kappa shape index (κ2) is 8.13. The molecule has 0 atom stereocenters. The molecule has 25 heavy (non-hydrogen) atoms. The number of aromatic nitrogens is 1. The fourth-order valence-corrected chi connectivity index (χ4v) is 3.47. The van der Waals surface area contributed by atoms with Gasteiger partial charge >= 0.3 is 10.9 Å². The topological polar surface area (TPSA) is 87.2 Å². The molecular formula is C14H16N6O2S3. The number of anilines is 1. The Morgan fingerprint density at radius 3 is 2.40 bits per heavy atom. The van der Waals surface area contributed by atoms with Gasteiger partial charge in [-0.15, -0.1) is 30.4 Å². The number of rotatable bonds is 5. The number of hydrogen-bond donors (Lipinski definition) is 2. The average molecular weight is 397 g/mol. The third-order valence-electron chi connectivity index (χ3n) is 3.77. The first-order valence-corrected chi connectivity index (χ1v) is 9.41. The van der Waals surface area contributed by atoms with E-state index < -0.39 is 4.92 Å². The van der Waals surface area contributed by atoms with Crippen LogP contribution in [0.2, 0.25) is 0 Å². The molecule has 1 aromatic heterocycles. The van der Waals surface area contributed by atoms with Crippen molar-refractivity contribution in [3.63, 3.8) is 0 Å². The molecule has 1 saturated heterocycles. The molecule has 3 rings (SSSR count). The van der Waals surface area contributed by atoms with Crippen LogP contribution in [-0.4, -0.2) is 45.7 Å². The van der Waals surface area contributed by atoms with Gasteiger partial charge in [0.05, 0.1) is 15.8 Å². The first kappa shape index (κ1) is 18.1. The van der Waals surface area contributed by atoms with Crippen molar-refractivity contribution in [2.75, 3.05) is 31.1 Å². The lowest BCUT2D eigenvalue weighted by Crippen LogP contribution is -2.47. The van der Waals surface area contributed by atoms with Crippen molar-refractivity contribution < 1.29 is 4.92 Å². The van der Waals surface area contributed by atoms with E-state index in [2.05, 4.69) is 50.3 Å². The van der Waals surface area contributed by atoms with Crippen LogP contribution in [0.3, 0.4) is 0 Å². The summed E-state index contributed by atoms with van der Waals surface area (Å²) in [5.41, 5.74) is 1.80. The molecule has 0 saturated carbocycles. The smallest absolute Gasteiger partial charge is 0.369 e. The highest BCUT2D eigenvalue weighted by atomic mass is 32.2. The van der Waals surface area contributed by atoms with Crippen LogP contribution in [0.4, 0.5) is 22.3 Å². The van der Waals surface area contributed by atoms with Crippen LogP contribution in [0.5, 0.6) is 0 Å². The predicted molar refractivity (Wildman–Crippen MR) is 105 cm³/mol. The van der Waals surface area contributed by atoms with E-state index in [9.17, 15) is 10.1 Å². The average Bonchev–Trinajstić information content (AvgIpc) is 3.10. The minimum Gasteiger partial charge on any atom is -0.369 e. The minimum atomic E-state index is -0.548. The highest BCUT2D eigenvalue weighted by Crippen LogP contribution is 2.27. The van der Waals surface area contributed by atoms with Gasteiger partial charge in [0.15, 0.2) is 0 Å². The molecule has 0 amide bonds. The molecule has 0 radical (unpaired) electrons. The van der Waals surface area contributed by atoms with Crippen molar-refractivity contribution in [2.45, 2.75) is 4.71 Å². The van der Waals surface area contributed by atoms with Crippen LogP contribution < -0.4 is 4.90 Å². The normalized spacial score (nSPS) is 16.0. The van der Waals surface area contributed by atoms with Crippen LogP contribution >= 0.6 is 36.6 Å². The van der Waals surface area contributed by atoms with Crippen molar-refractivity contribution in [3.8, 4) is 0 Å². The lowest BCUT2D eigenvalue weighted by molar-refractivity contribution is -0.389. The Morgan fingerprint density at radius 1 is 1.16 bits per heavy atom. The number of nitrogens with zero attached hydrogens (tertiary/aromatic N) is 6. The van der Waals surface area contributed by atoms with Crippen molar-refractivity contribution in [3.05, 3.63) is 39.8 Å². The molecule has 11 heteroatoms. The van der Waals surface area contributed by atoms with Crippen LogP contribution in [-0.2, 0) is 0 Å². The van der Waals surface area contributed by atoms with Crippen molar-refractivity contribution in [1.82, 2.24) is 9.88 Å². The number of nitro groups is 1. The Labute approximate surface area is 159 Å². The van der Waals surface area contributed by atoms with Gasteiger partial charge in [0, 0.05) is 31.9 Å². The van der Waals surface area contributed by atoms with Crippen molar-refractivity contribution in [2.24, 2.45) is 10.2 Å². The zero-order valence-electron chi connectivity index (χ0n) is 13.1. The zero-order valence-corrected chi connectivity index (χ0v) is 15.7.